The SMILES string of the molecule is Cc1ccc2[nH]cc(CC3CCCC3=O)c2c1. The van der Waals surface area contributed by atoms with Gasteiger partial charge in [-0.25, -0.2) is 0 Å². The molecule has 1 aromatic carbocycles. The van der Waals surface area contributed by atoms with Crippen molar-refractivity contribution in [3.63, 3.8) is 0 Å². The summed E-state index contributed by atoms with van der Waals surface area (Å²) in [7, 11) is 0. The third kappa shape index (κ3) is 1.88. The van der Waals surface area contributed by atoms with Crippen LogP contribution in [0.3, 0.4) is 0 Å². The predicted octanol–water partition coefficient (Wildman–Crippen LogP) is 3.39. The van der Waals surface area contributed by atoms with Crippen molar-refractivity contribution >= 4 is 16.7 Å². The molecule has 2 nitrogen and oxygen atoms in total. The third-order valence-electron chi connectivity index (χ3n) is 3.82. The lowest BCUT2D eigenvalue weighted by atomic mass is 9.96. The van der Waals surface area contributed by atoms with Gasteiger partial charge in [-0.1, -0.05) is 11.6 Å². The Bertz CT molecular complexity index is 567. The van der Waals surface area contributed by atoms with E-state index < -0.39 is 0 Å². The number of Topliss-reactive ketones (excluding diaryl/α,β-unsaturated/α-hetero) is 1. The molecule has 2 aromatic rings. The van der Waals surface area contributed by atoms with Gasteiger partial charge in [0, 0.05) is 29.4 Å². The van der Waals surface area contributed by atoms with Crippen molar-refractivity contribution in [3.05, 3.63) is 35.5 Å². The lowest BCUT2D eigenvalue weighted by molar-refractivity contribution is -0.120. The second kappa shape index (κ2) is 4.02. The Kier molecular flexibility index (Phi) is 2.50. The van der Waals surface area contributed by atoms with E-state index in [0.29, 0.717) is 5.78 Å². The Morgan fingerprint density at radius 3 is 3.06 bits per heavy atom. The molecular formula is C15H17NO. The van der Waals surface area contributed by atoms with Crippen LogP contribution in [0.2, 0.25) is 0 Å². The van der Waals surface area contributed by atoms with Gasteiger partial charge >= 0.3 is 0 Å². The number of aromatic nitrogens is 1. The molecule has 0 spiro atoms. The smallest absolute Gasteiger partial charge is 0.136 e. The molecule has 1 heterocycles. The summed E-state index contributed by atoms with van der Waals surface area (Å²) in [6.45, 7) is 2.11. The fourth-order valence-corrected chi connectivity index (χ4v) is 2.83. The van der Waals surface area contributed by atoms with Gasteiger partial charge in [-0.05, 0) is 43.9 Å². The van der Waals surface area contributed by atoms with E-state index in [1.165, 1.54) is 22.0 Å². The maximum absolute atomic E-state index is 11.7. The van der Waals surface area contributed by atoms with Gasteiger partial charge in [-0.15, -0.1) is 0 Å². The zero-order valence-corrected chi connectivity index (χ0v) is 10.1. The number of carbonyl (C=O) groups is 1. The number of rotatable bonds is 2. The zero-order valence-electron chi connectivity index (χ0n) is 10.1. The van der Waals surface area contributed by atoms with Crippen LogP contribution in [0.5, 0.6) is 0 Å². The molecule has 2 heteroatoms. The van der Waals surface area contributed by atoms with Gasteiger partial charge < -0.3 is 4.98 Å². The van der Waals surface area contributed by atoms with Crippen LogP contribution >= 0.6 is 0 Å². The molecule has 1 saturated carbocycles. The van der Waals surface area contributed by atoms with Crippen molar-refractivity contribution in [1.29, 1.82) is 0 Å². The molecule has 1 unspecified atom stereocenters. The highest BCUT2D eigenvalue weighted by Gasteiger charge is 2.25. The first-order valence-electron chi connectivity index (χ1n) is 6.33. The van der Waals surface area contributed by atoms with Gasteiger partial charge in [0.2, 0.25) is 0 Å². The summed E-state index contributed by atoms with van der Waals surface area (Å²) < 4.78 is 0. The maximum Gasteiger partial charge on any atom is 0.136 e. The van der Waals surface area contributed by atoms with Crippen molar-refractivity contribution in [3.8, 4) is 0 Å². The molecule has 1 aliphatic carbocycles. The third-order valence-corrected chi connectivity index (χ3v) is 3.82. The standard InChI is InChI=1S/C15H17NO/c1-10-5-6-14-13(7-10)12(9-16-14)8-11-3-2-4-15(11)17/h5-7,9,11,16H,2-4,8H2,1H3. The molecule has 17 heavy (non-hydrogen) atoms. The van der Waals surface area contributed by atoms with Crippen LogP contribution < -0.4 is 0 Å². The molecule has 1 fully saturated rings. The molecule has 1 aliphatic rings. The number of nitrogens with one attached hydrogen (secondary N) is 1. The Labute approximate surface area is 101 Å². The van der Waals surface area contributed by atoms with Crippen LogP contribution in [0.25, 0.3) is 10.9 Å². The van der Waals surface area contributed by atoms with Crippen molar-refractivity contribution < 1.29 is 4.79 Å². The number of fused-ring (bicyclic) bond motifs is 1. The summed E-state index contributed by atoms with van der Waals surface area (Å²) >= 11 is 0. The van der Waals surface area contributed by atoms with Gasteiger partial charge in [-0.2, -0.15) is 0 Å². The van der Waals surface area contributed by atoms with Crippen molar-refractivity contribution in [2.75, 3.05) is 0 Å². The first kappa shape index (κ1) is 10.6. The van der Waals surface area contributed by atoms with E-state index >= 15 is 0 Å². The molecule has 0 amide bonds. The van der Waals surface area contributed by atoms with Crippen LogP contribution in [-0.4, -0.2) is 10.8 Å². The Balaban J connectivity index is 1.94. The van der Waals surface area contributed by atoms with Crippen LogP contribution in [0.15, 0.2) is 24.4 Å². The Hall–Kier alpha value is -1.57. The number of benzene rings is 1. The summed E-state index contributed by atoms with van der Waals surface area (Å²) in [5, 5.41) is 1.28. The fraction of sp³-hybridized carbons (Fsp3) is 0.400. The highest BCUT2D eigenvalue weighted by Crippen LogP contribution is 2.28. The topological polar surface area (TPSA) is 32.9 Å². The number of aryl methyl sites for hydroxylation is 1. The molecular weight excluding hydrogens is 210 g/mol. The predicted molar refractivity (Wildman–Crippen MR) is 69.1 cm³/mol. The second-order valence-electron chi connectivity index (χ2n) is 5.12. The largest absolute Gasteiger partial charge is 0.361 e. The number of hydrogen-bond donors (Lipinski definition) is 1. The fourth-order valence-electron chi connectivity index (χ4n) is 2.83. The minimum Gasteiger partial charge on any atom is -0.361 e. The van der Waals surface area contributed by atoms with E-state index in [1.54, 1.807) is 0 Å². The van der Waals surface area contributed by atoms with E-state index in [-0.39, 0.29) is 5.92 Å². The van der Waals surface area contributed by atoms with Gasteiger partial charge in [0.15, 0.2) is 0 Å². The van der Waals surface area contributed by atoms with E-state index in [1.807, 2.05) is 0 Å². The average Bonchev–Trinajstić information content (AvgIpc) is 2.88. The van der Waals surface area contributed by atoms with Gasteiger partial charge in [0.25, 0.3) is 0 Å². The quantitative estimate of drug-likeness (QED) is 0.838. The molecule has 0 bridgehead atoms. The number of aromatic amines is 1. The van der Waals surface area contributed by atoms with Crippen LogP contribution in [-0.2, 0) is 11.2 Å². The average molecular weight is 227 g/mol. The maximum atomic E-state index is 11.7. The Morgan fingerprint density at radius 1 is 1.41 bits per heavy atom. The lowest BCUT2D eigenvalue weighted by Crippen LogP contribution is -2.09. The van der Waals surface area contributed by atoms with Crippen molar-refractivity contribution in [2.45, 2.75) is 32.6 Å². The zero-order chi connectivity index (χ0) is 11.8. The molecule has 0 aliphatic heterocycles. The van der Waals surface area contributed by atoms with E-state index in [0.717, 1.165) is 25.7 Å². The van der Waals surface area contributed by atoms with Gasteiger partial charge in [0.05, 0.1) is 0 Å². The first-order valence-corrected chi connectivity index (χ1v) is 6.33. The monoisotopic (exact) mass is 227 g/mol. The summed E-state index contributed by atoms with van der Waals surface area (Å²) in [5.41, 5.74) is 3.75. The Morgan fingerprint density at radius 2 is 2.29 bits per heavy atom. The van der Waals surface area contributed by atoms with E-state index in [9.17, 15) is 4.79 Å². The van der Waals surface area contributed by atoms with Crippen molar-refractivity contribution in [1.82, 2.24) is 4.98 Å². The normalized spacial score (nSPS) is 20.3. The molecule has 0 radical (unpaired) electrons. The molecule has 0 saturated heterocycles. The molecule has 1 aromatic heterocycles. The van der Waals surface area contributed by atoms with E-state index in [4.69, 9.17) is 0 Å². The minimum absolute atomic E-state index is 0.259. The minimum atomic E-state index is 0.259. The van der Waals surface area contributed by atoms with Gasteiger partial charge in [0.1, 0.15) is 5.78 Å². The molecule has 1 N–H and O–H groups in total. The summed E-state index contributed by atoms with van der Waals surface area (Å²) in [6, 6.07) is 6.44. The number of carbonyl (C=O) groups excluding carboxylic acids is 1. The van der Waals surface area contributed by atoms with E-state index in [2.05, 4.69) is 36.3 Å². The molecule has 1 atom stereocenters. The molecule has 88 valence electrons. The lowest BCUT2D eigenvalue weighted by Gasteiger charge is -2.06. The van der Waals surface area contributed by atoms with Crippen LogP contribution in [0, 0.1) is 12.8 Å². The number of H-pyrrole nitrogens is 1. The highest BCUT2D eigenvalue weighted by molar-refractivity contribution is 5.86. The summed E-state index contributed by atoms with van der Waals surface area (Å²) in [5.74, 6) is 0.710. The number of ketones is 1. The highest BCUT2D eigenvalue weighted by atomic mass is 16.1. The van der Waals surface area contributed by atoms with Crippen molar-refractivity contribution in [2.24, 2.45) is 5.92 Å². The summed E-state index contributed by atoms with van der Waals surface area (Å²) in [4.78, 5) is 15.0. The van der Waals surface area contributed by atoms with Crippen LogP contribution in [0.4, 0.5) is 0 Å². The number of hydrogen-bond acceptors (Lipinski definition) is 1. The van der Waals surface area contributed by atoms with Crippen LogP contribution in [0.1, 0.15) is 30.4 Å². The summed E-state index contributed by atoms with van der Waals surface area (Å²) in [6.07, 6.45) is 5.90. The second-order valence-corrected chi connectivity index (χ2v) is 5.12. The molecule has 3 rings (SSSR count). The van der Waals surface area contributed by atoms with Gasteiger partial charge in [-0.3, -0.25) is 4.79 Å². The first-order chi connectivity index (χ1) is 8.24.